The average molecular weight is 459 g/mol. The summed E-state index contributed by atoms with van der Waals surface area (Å²) in [5.74, 6) is 0.575. The van der Waals surface area contributed by atoms with Crippen molar-refractivity contribution < 1.29 is 9.90 Å². The second-order valence-electron chi connectivity index (χ2n) is 8.09. The van der Waals surface area contributed by atoms with E-state index in [9.17, 15) is 9.90 Å². The molecule has 0 radical (unpaired) electrons. The van der Waals surface area contributed by atoms with Crippen molar-refractivity contribution in [3.05, 3.63) is 73.0 Å². The quantitative estimate of drug-likeness (QED) is 0.364. The Hall–Kier alpha value is -4.04. The molecule has 0 fully saturated rings. The lowest BCUT2D eigenvalue weighted by Gasteiger charge is -2.27. The van der Waals surface area contributed by atoms with Gasteiger partial charge >= 0.3 is 0 Å². The average Bonchev–Trinajstić information content (AvgIpc) is 3.28. The Morgan fingerprint density at radius 2 is 2.12 bits per heavy atom. The van der Waals surface area contributed by atoms with Crippen molar-refractivity contribution in [1.82, 2.24) is 9.88 Å². The first-order chi connectivity index (χ1) is 16.5. The number of carbonyl (C=O) groups is 1. The molecule has 8 nitrogen and oxygen atoms in total. The molecule has 0 aliphatic carbocycles. The van der Waals surface area contributed by atoms with E-state index in [1.54, 1.807) is 6.21 Å². The van der Waals surface area contributed by atoms with Crippen molar-refractivity contribution in [2.24, 2.45) is 4.99 Å². The normalized spacial score (nSPS) is 14.9. The molecule has 1 unspecified atom stereocenters. The van der Waals surface area contributed by atoms with Gasteiger partial charge < -0.3 is 30.5 Å². The fourth-order valence-electron chi connectivity index (χ4n) is 4.04. The fourth-order valence-corrected chi connectivity index (χ4v) is 4.04. The largest absolute Gasteiger partial charge is 0.392 e. The summed E-state index contributed by atoms with van der Waals surface area (Å²) in [4.78, 5) is 18.6. The van der Waals surface area contributed by atoms with Gasteiger partial charge in [-0.1, -0.05) is 31.7 Å². The van der Waals surface area contributed by atoms with Crippen LogP contribution in [0.1, 0.15) is 18.9 Å². The number of nitrogens with one attached hydrogen (secondary N) is 3. The van der Waals surface area contributed by atoms with Crippen molar-refractivity contribution in [3.8, 4) is 0 Å². The molecule has 1 aliphatic heterocycles. The van der Waals surface area contributed by atoms with Crippen LogP contribution in [0.4, 0.5) is 17.1 Å². The zero-order chi connectivity index (χ0) is 24.1. The maximum atomic E-state index is 12.1. The lowest BCUT2D eigenvalue weighted by molar-refractivity contribution is -0.111. The van der Waals surface area contributed by atoms with Crippen LogP contribution in [-0.4, -0.2) is 41.7 Å². The Morgan fingerprint density at radius 1 is 1.29 bits per heavy atom. The molecule has 4 N–H and O–H groups in total. The van der Waals surface area contributed by atoms with E-state index < -0.39 is 6.29 Å². The Morgan fingerprint density at radius 3 is 2.88 bits per heavy atom. The van der Waals surface area contributed by atoms with Crippen LogP contribution in [0.2, 0.25) is 0 Å². The van der Waals surface area contributed by atoms with Gasteiger partial charge in [0.2, 0.25) is 5.91 Å². The van der Waals surface area contributed by atoms with Crippen LogP contribution in [-0.2, 0) is 11.4 Å². The summed E-state index contributed by atoms with van der Waals surface area (Å²) in [5.41, 5.74) is 3.92. The van der Waals surface area contributed by atoms with E-state index >= 15 is 0 Å². The van der Waals surface area contributed by atoms with Crippen LogP contribution in [0.15, 0.2) is 72.4 Å². The number of hydrogen-bond acceptors (Lipinski definition) is 6. The Kier molecular flexibility index (Phi) is 6.98. The number of hydrogen-bond donors (Lipinski definition) is 4. The summed E-state index contributed by atoms with van der Waals surface area (Å²) in [6.07, 6.45) is 7.40. The highest BCUT2D eigenvalue weighted by Crippen LogP contribution is 2.33. The summed E-state index contributed by atoms with van der Waals surface area (Å²) in [6, 6.07) is 13.9. The second kappa shape index (κ2) is 10.3. The molecule has 4 rings (SSSR count). The standard InChI is InChI=1S/C26H30N6O2/c1-4-13-31(3)23-15-19(17-33)20(16-21(23)28-25(34)5-2)29-26-27-12-10-24(30-26)32-14-11-18-8-6-7-9-22(18)32/h5-12,14-16,26,29-30,33H,2,4,13,17H2,1,3H3,(H,28,34). The second-order valence-corrected chi connectivity index (χ2v) is 8.09. The minimum Gasteiger partial charge on any atom is -0.392 e. The molecule has 1 amide bonds. The molecular weight excluding hydrogens is 428 g/mol. The monoisotopic (exact) mass is 458 g/mol. The number of aliphatic hydroxyl groups is 1. The van der Waals surface area contributed by atoms with E-state index in [2.05, 4.69) is 62.1 Å². The first-order valence-corrected chi connectivity index (χ1v) is 11.3. The van der Waals surface area contributed by atoms with Gasteiger partial charge in [-0.25, -0.2) is 4.99 Å². The fraction of sp³-hybridized carbons (Fsp3) is 0.231. The van der Waals surface area contributed by atoms with E-state index in [4.69, 9.17) is 0 Å². The van der Waals surface area contributed by atoms with Gasteiger partial charge in [0.1, 0.15) is 5.82 Å². The lowest BCUT2D eigenvalue weighted by atomic mass is 10.1. The van der Waals surface area contributed by atoms with E-state index in [1.165, 1.54) is 6.08 Å². The lowest BCUT2D eigenvalue weighted by Crippen LogP contribution is -2.37. The molecule has 0 saturated heterocycles. The number of aliphatic imine (C=N–C) groups is 1. The van der Waals surface area contributed by atoms with Gasteiger partial charge in [-0.3, -0.25) is 4.79 Å². The molecule has 0 bridgehead atoms. The van der Waals surface area contributed by atoms with Crippen LogP contribution in [0.5, 0.6) is 0 Å². The highest BCUT2D eigenvalue weighted by atomic mass is 16.3. The molecule has 2 heterocycles. The smallest absolute Gasteiger partial charge is 0.247 e. The number of anilines is 3. The molecular formula is C26H30N6O2. The number of amides is 1. The maximum Gasteiger partial charge on any atom is 0.247 e. The van der Waals surface area contributed by atoms with Gasteiger partial charge in [0.15, 0.2) is 6.29 Å². The van der Waals surface area contributed by atoms with Crippen LogP contribution in [0, 0.1) is 0 Å². The molecule has 8 heteroatoms. The van der Waals surface area contributed by atoms with Gasteiger partial charge in [0, 0.05) is 37.3 Å². The number of aliphatic hydroxyl groups excluding tert-OH is 1. The number of aromatic nitrogens is 1. The first-order valence-electron chi connectivity index (χ1n) is 11.3. The van der Waals surface area contributed by atoms with Crippen molar-refractivity contribution >= 4 is 45.9 Å². The highest BCUT2D eigenvalue weighted by molar-refractivity contribution is 6.02. The minimum absolute atomic E-state index is 0.160. The number of para-hydroxylation sites is 1. The molecule has 1 aliphatic rings. The van der Waals surface area contributed by atoms with Gasteiger partial charge in [0.05, 0.1) is 23.5 Å². The Bertz CT molecular complexity index is 1260. The van der Waals surface area contributed by atoms with Gasteiger partial charge in [-0.2, -0.15) is 0 Å². The molecule has 34 heavy (non-hydrogen) atoms. The van der Waals surface area contributed by atoms with E-state index in [-0.39, 0.29) is 12.5 Å². The summed E-state index contributed by atoms with van der Waals surface area (Å²) in [7, 11) is 1.96. The highest BCUT2D eigenvalue weighted by Gasteiger charge is 2.18. The molecule has 0 saturated carbocycles. The predicted octanol–water partition coefficient (Wildman–Crippen LogP) is 3.97. The third-order valence-electron chi connectivity index (χ3n) is 5.71. The summed E-state index contributed by atoms with van der Waals surface area (Å²) in [5, 5.41) is 20.9. The van der Waals surface area contributed by atoms with Crippen LogP contribution >= 0.6 is 0 Å². The van der Waals surface area contributed by atoms with E-state index in [0.717, 1.165) is 35.4 Å². The third-order valence-corrected chi connectivity index (χ3v) is 5.71. The van der Waals surface area contributed by atoms with Crippen molar-refractivity contribution in [2.45, 2.75) is 26.2 Å². The molecule has 1 atom stereocenters. The van der Waals surface area contributed by atoms with E-state index in [0.29, 0.717) is 16.9 Å². The number of nitrogens with zero attached hydrogens (tertiary/aromatic N) is 3. The van der Waals surface area contributed by atoms with Crippen LogP contribution in [0.25, 0.3) is 16.7 Å². The van der Waals surface area contributed by atoms with Crippen LogP contribution < -0.4 is 20.9 Å². The van der Waals surface area contributed by atoms with Crippen molar-refractivity contribution in [3.63, 3.8) is 0 Å². The first kappa shape index (κ1) is 23.1. The summed E-state index contributed by atoms with van der Waals surface area (Å²) in [6.45, 7) is 6.29. The topological polar surface area (TPSA) is 93.9 Å². The minimum atomic E-state index is -0.464. The number of fused-ring (bicyclic) bond motifs is 1. The maximum absolute atomic E-state index is 12.1. The molecule has 3 aromatic rings. The van der Waals surface area contributed by atoms with Gasteiger partial charge in [0.25, 0.3) is 0 Å². The number of rotatable bonds is 9. The summed E-state index contributed by atoms with van der Waals surface area (Å²) >= 11 is 0. The molecule has 0 spiro atoms. The number of benzene rings is 2. The number of allylic oxidation sites excluding steroid dienone is 1. The van der Waals surface area contributed by atoms with E-state index in [1.807, 2.05) is 43.6 Å². The predicted molar refractivity (Wildman–Crippen MR) is 140 cm³/mol. The number of carbonyl (C=O) groups excluding carboxylic acids is 1. The van der Waals surface area contributed by atoms with Crippen LogP contribution in [0.3, 0.4) is 0 Å². The van der Waals surface area contributed by atoms with Crippen molar-refractivity contribution in [1.29, 1.82) is 0 Å². The zero-order valence-electron chi connectivity index (χ0n) is 19.5. The molecule has 2 aromatic carbocycles. The van der Waals surface area contributed by atoms with Crippen molar-refractivity contribution in [2.75, 3.05) is 29.1 Å². The SMILES string of the molecule is C=CC(=O)Nc1cc(NC2N=CC=C(n3ccc4ccccc43)N2)c(CO)cc1N(C)CCC. The van der Waals surface area contributed by atoms with Gasteiger partial charge in [-0.05, 0) is 48.2 Å². The molecule has 176 valence electrons. The third kappa shape index (κ3) is 4.82. The zero-order valence-corrected chi connectivity index (χ0v) is 19.5. The molecule has 1 aromatic heterocycles. The van der Waals surface area contributed by atoms with Gasteiger partial charge in [-0.15, -0.1) is 0 Å². The Labute approximate surface area is 199 Å². The Balaban J connectivity index is 1.62. The summed E-state index contributed by atoms with van der Waals surface area (Å²) < 4.78 is 2.07.